The molecule has 4 nitrogen and oxygen atoms in total. The zero-order valence-electron chi connectivity index (χ0n) is 9.80. The third-order valence-corrected chi connectivity index (χ3v) is 2.54. The molecule has 0 radical (unpaired) electrons. The second-order valence-corrected chi connectivity index (χ2v) is 3.71. The SMILES string of the molecule is COc1cc(NCl)ccc1N=Nc1ccccc1. The smallest absolute Gasteiger partial charge is 0.148 e. The number of methoxy groups -OCH3 is 1. The van der Waals surface area contributed by atoms with E-state index >= 15 is 0 Å². The van der Waals surface area contributed by atoms with Crippen LogP contribution in [0.25, 0.3) is 0 Å². The van der Waals surface area contributed by atoms with Crippen LogP contribution in [0.4, 0.5) is 17.1 Å². The summed E-state index contributed by atoms with van der Waals surface area (Å²) in [5.74, 6) is 0.611. The Balaban J connectivity index is 2.26. The Kier molecular flexibility index (Phi) is 4.15. The van der Waals surface area contributed by atoms with E-state index in [1.807, 2.05) is 30.3 Å². The van der Waals surface area contributed by atoms with Gasteiger partial charge in [0.15, 0.2) is 0 Å². The lowest BCUT2D eigenvalue weighted by molar-refractivity contribution is 0.416. The lowest BCUT2D eigenvalue weighted by Gasteiger charge is -2.05. The van der Waals surface area contributed by atoms with Gasteiger partial charge in [-0.1, -0.05) is 18.2 Å². The Hall–Kier alpha value is -2.07. The number of hydrogen-bond donors (Lipinski definition) is 1. The molecule has 0 aliphatic rings. The van der Waals surface area contributed by atoms with Crippen LogP contribution in [0.1, 0.15) is 0 Å². The highest BCUT2D eigenvalue weighted by atomic mass is 35.5. The summed E-state index contributed by atoms with van der Waals surface area (Å²) in [6.07, 6.45) is 0. The van der Waals surface area contributed by atoms with Crippen LogP contribution in [0.3, 0.4) is 0 Å². The first-order valence-electron chi connectivity index (χ1n) is 5.35. The Morgan fingerprint density at radius 2 is 1.83 bits per heavy atom. The molecule has 2 aromatic carbocycles. The molecule has 92 valence electrons. The number of halogens is 1. The van der Waals surface area contributed by atoms with Crippen molar-refractivity contribution in [3.63, 3.8) is 0 Å². The average molecular weight is 262 g/mol. The molecule has 0 amide bonds. The van der Waals surface area contributed by atoms with Crippen LogP contribution in [0, 0.1) is 0 Å². The molecule has 5 heteroatoms. The Bertz CT molecular complexity index is 543. The van der Waals surface area contributed by atoms with Gasteiger partial charge in [-0.3, -0.25) is 4.84 Å². The zero-order chi connectivity index (χ0) is 12.8. The van der Waals surface area contributed by atoms with Crippen molar-refractivity contribution in [1.29, 1.82) is 0 Å². The second kappa shape index (κ2) is 6.02. The van der Waals surface area contributed by atoms with Crippen molar-refractivity contribution in [3.05, 3.63) is 48.5 Å². The van der Waals surface area contributed by atoms with Gasteiger partial charge in [-0.15, -0.1) is 5.11 Å². The minimum Gasteiger partial charge on any atom is -0.494 e. The summed E-state index contributed by atoms with van der Waals surface area (Å²) in [5.41, 5.74) is 2.18. The average Bonchev–Trinajstić information content (AvgIpc) is 2.46. The Morgan fingerprint density at radius 3 is 2.50 bits per heavy atom. The molecule has 0 aromatic heterocycles. The van der Waals surface area contributed by atoms with Gasteiger partial charge in [0.25, 0.3) is 0 Å². The molecule has 0 aliphatic heterocycles. The summed E-state index contributed by atoms with van der Waals surface area (Å²) in [6, 6.07) is 14.9. The fourth-order valence-corrected chi connectivity index (χ4v) is 1.54. The topological polar surface area (TPSA) is 46.0 Å². The summed E-state index contributed by atoms with van der Waals surface area (Å²) < 4.78 is 5.22. The number of hydrogen-bond acceptors (Lipinski definition) is 4. The third kappa shape index (κ3) is 2.99. The fraction of sp³-hybridized carbons (Fsp3) is 0.0769. The molecule has 18 heavy (non-hydrogen) atoms. The molecule has 0 spiro atoms. The van der Waals surface area contributed by atoms with Crippen molar-refractivity contribution in [3.8, 4) is 5.75 Å². The van der Waals surface area contributed by atoms with Gasteiger partial charge in [0.2, 0.25) is 0 Å². The molecular weight excluding hydrogens is 250 g/mol. The molecule has 0 bridgehead atoms. The molecule has 0 fully saturated rings. The predicted molar refractivity (Wildman–Crippen MR) is 73.1 cm³/mol. The summed E-state index contributed by atoms with van der Waals surface area (Å²) in [6.45, 7) is 0. The molecule has 0 aliphatic carbocycles. The molecule has 0 saturated carbocycles. The van der Waals surface area contributed by atoms with Gasteiger partial charge >= 0.3 is 0 Å². The predicted octanol–water partition coefficient (Wildman–Crippen LogP) is 4.68. The van der Waals surface area contributed by atoms with Crippen LogP contribution in [-0.4, -0.2) is 7.11 Å². The number of nitrogens with zero attached hydrogens (tertiary/aromatic N) is 2. The van der Waals surface area contributed by atoms with Crippen LogP contribution in [0.5, 0.6) is 5.75 Å². The summed E-state index contributed by atoms with van der Waals surface area (Å²) in [5, 5.41) is 8.28. The van der Waals surface area contributed by atoms with Crippen molar-refractivity contribution in [1.82, 2.24) is 0 Å². The van der Waals surface area contributed by atoms with E-state index < -0.39 is 0 Å². The lowest BCUT2D eigenvalue weighted by Crippen LogP contribution is -1.85. The zero-order valence-corrected chi connectivity index (χ0v) is 10.6. The van der Waals surface area contributed by atoms with Crippen molar-refractivity contribution in [2.45, 2.75) is 0 Å². The standard InChI is InChI=1S/C13H12ClN3O/c1-18-13-9-11(15-14)7-8-12(13)17-16-10-5-3-2-4-6-10/h2-9,15H,1H3. The van der Waals surface area contributed by atoms with Crippen LogP contribution >= 0.6 is 11.8 Å². The maximum Gasteiger partial charge on any atom is 0.148 e. The maximum absolute atomic E-state index is 5.52. The Labute approximate surface area is 110 Å². The van der Waals surface area contributed by atoms with Crippen LogP contribution < -0.4 is 9.57 Å². The molecule has 0 saturated heterocycles. The molecule has 0 unspecified atom stereocenters. The van der Waals surface area contributed by atoms with E-state index in [-0.39, 0.29) is 0 Å². The van der Waals surface area contributed by atoms with Crippen molar-refractivity contribution >= 4 is 28.8 Å². The lowest BCUT2D eigenvalue weighted by atomic mass is 10.2. The largest absolute Gasteiger partial charge is 0.494 e. The number of nitrogens with one attached hydrogen (secondary N) is 1. The highest BCUT2D eigenvalue weighted by Gasteiger charge is 2.03. The number of benzene rings is 2. The minimum atomic E-state index is 0.611. The quantitative estimate of drug-likeness (QED) is 0.642. The number of anilines is 1. The van der Waals surface area contributed by atoms with Gasteiger partial charge in [0.05, 0.1) is 18.5 Å². The molecular formula is C13H12ClN3O. The van der Waals surface area contributed by atoms with E-state index in [9.17, 15) is 0 Å². The summed E-state index contributed by atoms with van der Waals surface area (Å²) in [4.78, 5) is 2.52. The summed E-state index contributed by atoms with van der Waals surface area (Å²) >= 11 is 5.52. The molecule has 2 aromatic rings. The van der Waals surface area contributed by atoms with Gasteiger partial charge in [-0.2, -0.15) is 5.11 Å². The molecule has 0 atom stereocenters. The number of ether oxygens (including phenoxy) is 1. The van der Waals surface area contributed by atoms with Crippen molar-refractivity contribution in [2.75, 3.05) is 11.9 Å². The van der Waals surface area contributed by atoms with Gasteiger partial charge in [0, 0.05) is 17.8 Å². The van der Waals surface area contributed by atoms with Crippen LogP contribution in [0.2, 0.25) is 0 Å². The minimum absolute atomic E-state index is 0.611. The second-order valence-electron chi connectivity index (χ2n) is 3.52. The van der Waals surface area contributed by atoms with E-state index in [4.69, 9.17) is 16.5 Å². The third-order valence-electron chi connectivity index (χ3n) is 2.32. The van der Waals surface area contributed by atoms with Crippen molar-refractivity contribution < 1.29 is 4.74 Å². The van der Waals surface area contributed by atoms with Crippen molar-refractivity contribution in [2.24, 2.45) is 10.2 Å². The summed E-state index contributed by atoms with van der Waals surface area (Å²) in [7, 11) is 1.58. The van der Waals surface area contributed by atoms with Crippen LogP contribution in [0.15, 0.2) is 58.8 Å². The number of azo groups is 1. The first kappa shape index (κ1) is 12.4. The maximum atomic E-state index is 5.52. The first-order valence-corrected chi connectivity index (χ1v) is 5.73. The van der Waals surface area contributed by atoms with Gasteiger partial charge in [-0.25, -0.2) is 0 Å². The number of rotatable bonds is 4. The van der Waals surface area contributed by atoms with Gasteiger partial charge in [0.1, 0.15) is 11.4 Å². The Morgan fingerprint density at radius 1 is 1.06 bits per heavy atom. The van der Waals surface area contributed by atoms with Gasteiger partial charge in [-0.05, 0) is 24.3 Å². The van der Waals surface area contributed by atoms with E-state index in [0.29, 0.717) is 11.4 Å². The fourth-order valence-electron chi connectivity index (χ4n) is 1.43. The van der Waals surface area contributed by atoms with E-state index in [2.05, 4.69) is 15.1 Å². The highest BCUT2D eigenvalue weighted by Crippen LogP contribution is 2.31. The molecule has 1 N–H and O–H groups in total. The first-order chi connectivity index (χ1) is 8.83. The molecule has 0 heterocycles. The van der Waals surface area contributed by atoms with E-state index in [0.717, 1.165) is 11.4 Å². The van der Waals surface area contributed by atoms with Crippen LogP contribution in [-0.2, 0) is 0 Å². The normalized spacial score (nSPS) is 10.6. The molecule has 2 rings (SSSR count). The highest BCUT2D eigenvalue weighted by molar-refractivity contribution is 6.24. The van der Waals surface area contributed by atoms with E-state index in [1.54, 1.807) is 25.3 Å². The van der Waals surface area contributed by atoms with E-state index in [1.165, 1.54) is 0 Å². The van der Waals surface area contributed by atoms with Gasteiger partial charge < -0.3 is 4.74 Å². The monoisotopic (exact) mass is 261 g/mol.